The second-order valence-electron chi connectivity index (χ2n) is 8.04. The van der Waals surface area contributed by atoms with Crippen molar-refractivity contribution in [2.24, 2.45) is 0 Å². The number of hydrogen-bond acceptors (Lipinski definition) is 6. The van der Waals surface area contributed by atoms with Crippen molar-refractivity contribution >= 4 is 11.0 Å². The lowest BCUT2D eigenvalue weighted by Gasteiger charge is -2.23. The van der Waals surface area contributed by atoms with Gasteiger partial charge in [0.1, 0.15) is 23.8 Å². The summed E-state index contributed by atoms with van der Waals surface area (Å²) in [5, 5.41) is 23.8. The van der Waals surface area contributed by atoms with Gasteiger partial charge < -0.3 is 19.7 Å². The van der Waals surface area contributed by atoms with Crippen LogP contribution < -0.4 is 10.1 Å². The molecule has 1 saturated carbocycles. The first-order valence-electron chi connectivity index (χ1n) is 10.1. The summed E-state index contributed by atoms with van der Waals surface area (Å²) in [6.45, 7) is 3.31. The molecule has 1 aliphatic carbocycles. The van der Waals surface area contributed by atoms with Gasteiger partial charge in [-0.3, -0.25) is 0 Å². The Labute approximate surface area is 173 Å². The fraction of sp³-hybridized carbons (Fsp3) is 0.409. The Bertz CT molecular complexity index is 1170. The summed E-state index contributed by atoms with van der Waals surface area (Å²) < 4.78 is 22.5. The van der Waals surface area contributed by atoms with Crippen LogP contribution in [0.1, 0.15) is 41.3 Å². The summed E-state index contributed by atoms with van der Waals surface area (Å²) in [5.41, 5.74) is 3.83. The molecule has 2 aliphatic rings. The molecule has 2 aromatic heterocycles. The van der Waals surface area contributed by atoms with Crippen LogP contribution in [0.5, 0.6) is 5.75 Å². The van der Waals surface area contributed by atoms with Crippen molar-refractivity contribution < 1.29 is 14.2 Å². The van der Waals surface area contributed by atoms with Crippen LogP contribution in [-0.2, 0) is 13.0 Å². The molecule has 3 heterocycles. The normalized spacial score (nSPS) is 23.3. The molecule has 1 fully saturated rings. The molecule has 30 heavy (non-hydrogen) atoms. The molecule has 3 atom stereocenters. The van der Waals surface area contributed by atoms with Crippen LogP contribution in [0.3, 0.4) is 0 Å². The second kappa shape index (κ2) is 7.35. The Hall–Kier alpha value is -3.02. The molecule has 2 N–H and O–H groups in total. The van der Waals surface area contributed by atoms with E-state index in [-0.39, 0.29) is 18.0 Å². The number of aryl methyl sites for hydroxylation is 1. The first kappa shape index (κ1) is 19.0. The van der Waals surface area contributed by atoms with E-state index in [1.807, 2.05) is 6.07 Å². The van der Waals surface area contributed by atoms with Gasteiger partial charge in [0.05, 0.1) is 34.9 Å². The average molecular weight is 407 g/mol. The predicted octanol–water partition coefficient (Wildman–Crippen LogP) is 2.54. The molecule has 0 amide bonds. The minimum atomic E-state index is -0.687. The fourth-order valence-corrected chi connectivity index (χ4v) is 4.69. The van der Waals surface area contributed by atoms with Crippen LogP contribution in [0.4, 0.5) is 4.39 Å². The second-order valence-corrected chi connectivity index (χ2v) is 8.04. The number of aliphatic hydroxyl groups is 1. The molecule has 0 spiro atoms. The minimum absolute atomic E-state index is 0.242. The highest BCUT2D eigenvalue weighted by Gasteiger charge is 2.37. The first-order chi connectivity index (χ1) is 14.5. The molecule has 8 heteroatoms. The summed E-state index contributed by atoms with van der Waals surface area (Å²) in [7, 11) is 0. The Kier molecular flexibility index (Phi) is 4.65. The number of nitriles is 1. The lowest BCUT2D eigenvalue weighted by molar-refractivity contribution is 0.127. The van der Waals surface area contributed by atoms with Crippen LogP contribution in [0.2, 0.25) is 0 Å². The number of fused-ring (bicyclic) bond motifs is 2. The monoisotopic (exact) mass is 407 g/mol. The summed E-state index contributed by atoms with van der Waals surface area (Å²) in [6, 6.07) is 5.55. The third-order valence-electron chi connectivity index (χ3n) is 6.16. The van der Waals surface area contributed by atoms with E-state index in [4.69, 9.17) is 4.74 Å². The number of aromatic nitrogens is 3. The van der Waals surface area contributed by atoms with Gasteiger partial charge in [-0.25, -0.2) is 14.4 Å². The van der Waals surface area contributed by atoms with Gasteiger partial charge >= 0.3 is 0 Å². The van der Waals surface area contributed by atoms with Crippen molar-refractivity contribution in [3.05, 3.63) is 52.9 Å². The number of aliphatic hydroxyl groups excluding tert-OH is 1. The van der Waals surface area contributed by atoms with Gasteiger partial charge in [-0.1, -0.05) is 0 Å². The highest BCUT2D eigenvalue weighted by Crippen LogP contribution is 2.38. The van der Waals surface area contributed by atoms with Crippen molar-refractivity contribution in [2.45, 2.75) is 51.0 Å². The van der Waals surface area contributed by atoms with E-state index in [1.54, 1.807) is 17.6 Å². The molecule has 2 unspecified atom stereocenters. The van der Waals surface area contributed by atoms with Crippen molar-refractivity contribution in [2.75, 3.05) is 6.54 Å². The largest absolute Gasteiger partial charge is 0.490 e. The smallest absolute Gasteiger partial charge is 0.152 e. The Morgan fingerprint density at radius 1 is 1.33 bits per heavy atom. The standard InChI is InChI=1S/C22H22FN5O2/c1-12-21-17(23)10-28(22(21)27-11-26-12)18-6-15(7-19(18)29)30-20-5-13(8-24)4-14-2-3-25-9-16(14)20/h4-5,10-11,15,18-19,25,29H,2-3,6-7,9H2,1H3/t15?,18?,19-/m1/s1. The van der Waals surface area contributed by atoms with Crippen LogP contribution in [-0.4, -0.2) is 38.4 Å². The number of benzene rings is 1. The lowest BCUT2D eigenvalue weighted by Crippen LogP contribution is -2.25. The zero-order valence-electron chi connectivity index (χ0n) is 16.6. The number of halogens is 1. The van der Waals surface area contributed by atoms with E-state index >= 15 is 0 Å². The van der Waals surface area contributed by atoms with Gasteiger partial charge in [-0.15, -0.1) is 0 Å². The number of ether oxygens (including phenoxy) is 1. The van der Waals surface area contributed by atoms with E-state index in [0.717, 1.165) is 24.1 Å². The molecule has 3 aromatic rings. The zero-order chi connectivity index (χ0) is 20.8. The SMILES string of the molecule is Cc1ncnc2c1c(F)cn2C1CC(Oc2cc(C#N)cc3c2CNCC3)C[C@H]1O. The highest BCUT2D eigenvalue weighted by atomic mass is 19.1. The van der Waals surface area contributed by atoms with E-state index in [1.165, 1.54) is 12.5 Å². The number of nitrogens with one attached hydrogen (secondary N) is 1. The number of hydrogen-bond donors (Lipinski definition) is 2. The van der Waals surface area contributed by atoms with Crippen molar-refractivity contribution in [3.63, 3.8) is 0 Å². The third kappa shape index (κ3) is 3.11. The van der Waals surface area contributed by atoms with Crippen LogP contribution in [0, 0.1) is 24.1 Å². The third-order valence-corrected chi connectivity index (χ3v) is 6.16. The van der Waals surface area contributed by atoms with Crippen molar-refractivity contribution in [3.8, 4) is 11.8 Å². The molecule has 154 valence electrons. The molecule has 7 nitrogen and oxygen atoms in total. The highest BCUT2D eigenvalue weighted by molar-refractivity contribution is 5.79. The molecule has 0 bridgehead atoms. The van der Waals surface area contributed by atoms with Gasteiger partial charge in [0, 0.05) is 31.1 Å². The first-order valence-corrected chi connectivity index (χ1v) is 10.1. The van der Waals surface area contributed by atoms with Gasteiger partial charge in [0.25, 0.3) is 0 Å². The molecule has 0 saturated heterocycles. The van der Waals surface area contributed by atoms with Crippen LogP contribution in [0.25, 0.3) is 11.0 Å². The van der Waals surface area contributed by atoms with Crippen molar-refractivity contribution in [1.29, 1.82) is 5.26 Å². The Morgan fingerprint density at radius 2 is 2.20 bits per heavy atom. The summed E-state index contributed by atoms with van der Waals surface area (Å²) >= 11 is 0. The van der Waals surface area contributed by atoms with E-state index in [2.05, 4.69) is 21.4 Å². The topological polar surface area (TPSA) is 96.0 Å². The maximum Gasteiger partial charge on any atom is 0.152 e. The predicted molar refractivity (Wildman–Crippen MR) is 107 cm³/mol. The minimum Gasteiger partial charge on any atom is -0.490 e. The summed E-state index contributed by atoms with van der Waals surface area (Å²) in [5.74, 6) is 0.303. The van der Waals surface area contributed by atoms with Crippen molar-refractivity contribution in [1.82, 2.24) is 19.9 Å². The molecule has 5 rings (SSSR count). The Balaban J connectivity index is 1.44. The van der Waals surface area contributed by atoms with E-state index in [0.29, 0.717) is 47.4 Å². The summed E-state index contributed by atoms with van der Waals surface area (Å²) in [6.07, 6.45) is 3.67. The maximum atomic E-state index is 14.5. The average Bonchev–Trinajstić information content (AvgIpc) is 3.27. The van der Waals surface area contributed by atoms with Crippen LogP contribution >= 0.6 is 0 Å². The number of rotatable bonds is 3. The molecule has 1 aliphatic heterocycles. The Morgan fingerprint density at radius 3 is 3.03 bits per heavy atom. The lowest BCUT2D eigenvalue weighted by atomic mass is 9.97. The number of nitrogens with zero attached hydrogens (tertiary/aromatic N) is 4. The summed E-state index contributed by atoms with van der Waals surface area (Å²) in [4.78, 5) is 8.32. The molecular formula is C22H22FN5O2. The van der Waals surface area contributed by atoms with E-state index < -0.39 is 6.10 Å². The molecule has 0 radical (unpaired) electrons. The van der Waals surface area contributed by atoms with Gasteiger partial charge in [0.15, 0.2) is 5.82 Å². The van der Waals surface area contributed by atoms with Gasteiger partial charge in [-0.2, -0.15) is 5.26 Å². The fourth-order valence-electron chi connectivity index (χ4n) is 4.69. The van der Waals surface area contributed by atoms with Gasteiger partial charge in [0.2, 0.25) is 0 Å². The van der Waals surface area contributed by atoms with Crippen LogP contribution in [0.15, 0.2) is 24.7 Å². The van der Waals surface area contributed by atoms with Gasteiger partial charge in [-0.05, 0) is 37.6 Å². The zero-order valence-corrected chi connectivity index (χ0v) is 16.6. The van der Waals surface area contributed by atoms with E-state index in [9.17, 15) is 14.8 Å². The molecular weight excluding hydrogens is 385 g/mol. The molecule has 1 aromatic carbocycles. The quantitative estimate of drug-likeness (QED) is 0.693. The maximum absolute atomic E-state index is 14.5.